The van der Waals surface area contributed by atoms with Crippen LogP contribution >= 0.6 is 0 Å². The molecule has 0 aliphatic rings. The largest absolute Gasteiger partial charge is 0.363 e. The number of nitrogens with zero attached hydrogens (tertiary/aromatic N) is 1. The van der Waals surface area contributed by atoms with Crippen molar-refractivity contribution in [2.75, 3.05) is 0 Å². The van der Waals surface area contributed by atoms with Crippen LogP contribution in [0.4, 0.5) is 0 Å². The summed E-state index contributed by atoms with van der Waals surface area (Å²) in [5.74, 6) is -0.352. The first-order chi connectivity index (χ1) is 7.25. The number of benzene rings is 1. The fourth-order valence-electron chi connectivity index (χ4n) is 1.30. The Bertz CT molecular complexity index is 460. The van der Waals surface area contributed by atoms with Crippen molar-refractivity contribution in [3.63, 3.8) is 0 Å². The molecule has 0 radical (unpaired) electrons. The van der Waals surface area contributed by atoms with E-state index in [2.05, 4.69) is 0 Å². The van der Waals surface area contributed by atoms with E-state index in [1.165, 1.54) is 4.73 Å². The molecule has 76 valence electrons. The Kier molecular flexibility index (Phi) is 2.54. The van der Waals surface area contributed by atoms with Crippen molar-refractivity contribution in [1.82, 2.24) is 4.73 Å². The molecule has 0 saturated carbocycles. The van der Waals surface area contributed by atoms with E-state index in [4.69, 9.17) is 4.84 Å². The molecule has 1 aromatic carbocycles. The molecule has 1 aromatic heterocycles. The molecule has 1 heterocycles. The molecule has 0 amide bonds. The SMILES string of the molecule is Cc1cccc(C(=O)On2cccc2)c1. The summed E-state index contributed by atoms with van der Waals surface area (Å²) in [6, 6.07) is 10.9. The zero-order valence-electron chi connectivity index (χ0n) is 8.38. The van der Waals surface area contributed by atoms with Gasteiger partial charge < -0.3 is 4.84 Å². The molecule has 0 atom stereocenters. The smallest absolute Gasteiger partial charge is 0.332 e. The summed E-state index contributed by atoms with van der Waals surface area (Å²) in [5.41, 5.74) is 1.60. The maximum Gasteiger partial charge on any atom is 0.363 e. The number of hydrogen-bond donors (Lipinski definition) is 0. The lowest BCUT2D eigenvalue weighted by molar-refractivity contribution is 0.0463. The van der Waals surface area contributed by atoms with Gasteiger partial charge in [-0.05, 0) is 31.2 Å². The molecule has 3 heteroatoms. The Morgan fingerprint density at radius 3 is 2.60 bits per heavy atom. The number of rotatable bonds is 2. The first-order valence-electron chi connectivity index (χ1n) is 4.68. The second kappa shape index (κ2) is 4.00. The predicted octanol–water partition coefficient (Wildman–Crippen LogP) is 2.07. The van der Waals surface area contributed by atoms with Crippen molar-refractivity contribution in [1.29, 1.82) is 0 Å². The van der Waals surface area contributed by atoms with Crippen molar-refractivity contribution in [3.05, 3.63) is 59.9 Å². The molecule has 0 bridgehead atoms. The maximum absolute atomic E-state index is 11.6. The highest BCUT2D eigenvalue weighted by Crippen LogP contribution is 2.04. The topological polar surface area (TPSA) is 31.2 Å². The van der Waals surface area contributed by atoms with E-state index >= 15 is 0 Å². The molecule has 3 nitrogen and oxygen atoms in total. The summed E-state index contributed by atoms with van der Waals surface area (Å²) in [5, 5.41) is 0. The lowest BCUT2D eigenvalue weighted by Crippen LogP contribution is -2.18. The van der Waals surface area contributed by atoms with Gasteiger partial charge in [-0.15, -0.1) is 0 Å². The maximum atomic E-state index is 11.6. The van der Waals surface area contributed by atoms with Crippen molar-refractivity contribution in [2.24, 2.45) is 0 Å². The zero-order valence-corrected chi connectivity index (χ0v) is 8.38. The first kappa shape index (κ1) is 9.52. The van der Waals surface area contributed by atoms with Gasteiger partial charge in [-0.25, -0.2) is 4.79 Å². The standard InChI is InChI=1S/C12H11NO2/c1-10-5-4-6-11(9-10)12(14)15-13-7-2-3-8-13/h2-9H,1H3. The zero-order chi connectivity index (χ0) is 10.7. The van der Waals surface area contributed by atoms with Gasteiger partial charge in [0.1, 0.15) is 0 Å². The van der Waals surface area contributed by atoms with Gasteiger partial charge in [0.05, 0.1) is 5.56 Å². The molecule has 2 aromatic rings. The van der Waals surface area contributed by atoms with E-state index in [1.807, 2.05) is 19.1 Å². The molecule has 0 unspecified atom stereocenters. The Labute approximate surface area is 87.9 Å². The summed E-state index contributed by atoms with van der Waals surface area (Å²) in [7, 11) is 0. The third-order valence-corrected chi connectivity index (χ3v) is 2.02. The molecule has 0 aliphatic carbocycles. The van der Waals surface area contributed by atoms with E-state index in [0.29, 0.717) is 5.56 Å². The molecule has 0 aliphatic heterocycles. The quantitative estimate of drug-likeness (QED) is 0.744. The number of aryl methyl sites for hydroxylation is 1. The van der Waals surface area contributed by atoms with E-state index in [-0.39, 0.29) is 5.97 Å². The number of carbonyl (C=O) groups is 1. The third kappa shape index (κ3) is 2.26. The summed E-state index contributed by atoms with van der Waals surface area (Å²) in [4.78, 5) is 16.7. The van der Waals surface area contributed by atoms with Crippen LogP contribution in [0.1, 0.15) is 15.9 Å². The van der Waals surface area contributed by atoms with Gasteiger partial charge in [-0.1, -0.05) is 17.7 Å². The number of hydrogen-bond acceptors (Lipinski definition) is 2. The molecule has 15 heavy (non-hydrogen) atoms. The van der Waals surface area contributed by atoms with Crippen LogP contribution in [0, 0.1) is 6.92 Å². The van der Waals surface area contributed by atoms with Gasteiger partial charge in [-0.3, -0.25) is 0 Å². The summed E-state index contributed by atoms with van der Waals surface area (Å²) >= 11 is 0. The lowest BCUT2D eigenvalue weighted by atomic mass is 10.1. The lowest BCUT2D eigenvalue weighted by Gasteiger charge is -2.04. The molecule has 2 rings (SSSR count). The van der Waals surface area contributed by atoms with Crippen molar-refractivity contribution in [3.8, 4) is 0 Å². The fraction of sp³-hybridized carbons (Fsp3) is 0.0833. The Morgan fingerprint density at radius 2 is 1.93 bits per heavy atom. The van der Waals surface area contributed by atoms with E-state index < -0.39 is 0 Å². The highest BCUT2D eigenvalue weighted by atomic mass is 16.7. The van der Waals surface area contributed by atoms with E-state index in [9.17, 15) is 4.79 Å². The van der Waals surface area contributed by atoms with Crippen LogP contribution in [0.5, 0.6) is 0 Å². The molecule has 0 fully saturated rings. The van der Waals surface area contributed by atoms with Gasteiger partial charge in [0.2, 0.25) is 0 Å². The van der Waals surface area contributed by atoms with Crippen molar-refractivity contribution in [2.45, 2.75) is 6.92 Å². The summed E-state index contributed by atoms with van der Waals surface area (Å²) < 4.78 is 1.38. The molecule has 0 spiro atoms. The highest BCUT2D eigenvalue weighted by molar-refractivity contribution is 5.89. The normalized spacial score (nSPS) is 9.93. The van der Waals surface area contributed by atoms with Crippen LogP contribution in [0.15, 0.2) is 48.8 Å². The molecular weight excluding hydrogens is 190 g/mol. The predicted molar refractivity (Wildman–Crippen MR) is 56.5 cm³/mol. The summed E-state index contributed by atoms with van der Waals surface area (Å²) in [6.45, 7) is 1.94. The van der Waals surface area contributed by atoms with Gasteiger partial charge in [0.25, 0.3) is 0 Å². The third-order valence-electron chi connectivity index (χ3n) is 2.02. The minimum absolute atomic E-state index is 0.352. The van der Waals surface area contributed by atoms with E-state index in [0.717, 1.165) is 5.56 Å². The average molecular weight is 201 g/mol. The van der Waals surface area contributed by atoms with Crippen LogP contribution in [-0.2, 0) is 0 Å². The highest BCUT2D eigenvalue weighted by Gasteiger charge is 2.07. The van der Waals surface area contributed by atoms with Gasteiger partial charge in [-0.2, -0.15) is 4.73 Å². The van der Waals surface area contributed by atoms with Crippen LogP contribution in [0.25, 0.3) is 0 Å². The van der Waals surface area contributed by atoms with Gasteiger partial charge in [0, 0.05) is 12.4 Å². The Hall–Kier alpha value is -2.03. The summed E-state index contributed by atoms with van der Waals surface area (Å²) in [6.07, 6.45) is 3.35. The van der Waals surface area contributed by atoms with Crippen LogP contribution in [0.3, 0.4) is 0 Å². The second-order valence-corrected chi connectivity index (χ2v) is 3.29. The first-order valence-corrected chi connectivity index (χ1v) is 4.68. The fourth-order valence-corrected chi connectivity index (χ4v) is 1.30. The number of carbonyl (C=O) groups excluding carboxylic acids is 1. The van der Waals surface area contributed by atoms with Gasteiger partial charge >= 0.3 is 5.97 Å². The van der Waals surface area contributed by atoms with Crippen LogP contribution < -0.4 is 4.84 Å². The Morgan fingerprint density at radius 1 is 1.20 bits per heavy atom. The van der Waals surface area contributed by atoms with Crippen molar-refractivity contribution >= 4 is 5.97 Å². The molecule has 0 N–H and O–H groups in total. The molecular formula is C12H11NO2. The minimum Gasteiger partial charge on any atom is -0.332 e. The molecule has 0 saturated heterocycles. The van der Waals surface area contributed by atoms with Gasteiger partial charge in [0.15, 0.2) is 0 Å². The second-order valence-electron chi connectivity index (χ2n) is 3.29. The van der Waals surface area contributed by atoms with Crippen molar-refractivity contribution < 1.29 is 9.63 Å². The van der Waals surface area contributed by atoms with Crippen LogP contribution in [-0.4, -0.2) is 10.7 Å². The minimum atomic E-state index is -0.352. The van der Waals surface area contributed by atoms with E-state index in [1.54, 1.807) is 36.7 Å². The average Bonchev–Trinajstić information content (AvgIpc) is 2.70. The monoisotopic (exact) mass is 201 g/mol. The Balaban J connectivity index is 2.15. The number of aromatic nitrogens is 1. The van der Waals surface area contributed by atoms with Crippen LogP contribution in [0.2, 0.25) is 0 Å².